The first-order valence-corrected chi connectivity index (χ1v) is 6.76. The number of methoxy groups -OCH3 is 1. The molecule has 0 spiro atoms. The van der Waals surface area contributed by atoms with Gasteiger partial charge in [-0.1, -0.05) is 12.1 Å². The number of aromatic nitrogens is 2. The summed E-state index contributed by atoms with van der Waals surface area (Å²) in [5.41, 5.74) is 1.67. The Hall–Kier alpha value is -3.02. The summed E-state index contributed by atoms with van der Waals surface area (Å²) in [5, 5.41) is 2.67. The van der Waals surface area contributed by atoms with E-state index in [1.54, 1.807) is 31.4 Å². The van der Waals surface area contributed by atoms with Gasteiger partial charge in [0.25, 0.3) is 5.91 Å². The molecule has 0 atom stereocenters. The lowest BCUT2D eigenvalue weighted by Crippen LogP contribution is -2.20. The van der Waals surface area contributed by atoms with E-state index in [1.165, 1.54) is 0 Å². The van der Waals surface area contributed by atoms with Crippen molar-refractivity contribution in [2.45, 2.75) is 0 Å². The van der Waals surface area contributed by atoms with Crippen LogP contribution in [-0.4, -0.2) is 29.6 Å². The third-order valence-corrected chi connectivity index (χ3v) is 3.08. The molecule has 0 aliphatic heterocycles. The number of rotatable bonds is 5. The minimum atomic E-state index is -0.283. The van der Waals surface area contributed by atoms with Crippen molar-refractivity contribution in [1.29, 1.82) is 0 Å². The molecular formula is C16H15N3O3. The monoisotopic (exact) mass is 297 g/mol. The van der Waals surface area contributed by atoms with Crippen LogP contribution in [0.3, 0.4) is 0 Å². The van der Waals surface area contributed by atoms with Crippen LogP contribution < -0.4 is 14.8 Å². The topological polar surface area (TPSA) is 76.2 Å². The Bertz CT molecular complexity index is 748. The number of aromatic amines is 1. The fourth-order valence-electron chi connectivity index (χ4n) is 2.00. The van der Waals surface area contributed by atoms with Crippen LogP contribution in [0.2, 0.25) is 0 Å². The molecule has 1 aromatic heterocycles. The molecule has 0 unspecified atom stereocenters. The maximum atomic E-state index is 11.9. The Kier molecular flexibility index (Phi) is 3.91. The van der Waals surface area contributed by atoms with Crippen molar-refractivity contribution < 1.29 is 14.3 Å². The maximum absolute atomic E-state index is 11.9. The molecule has 3 rings (SSSR count). The number of benzene rings is 2. The highest BCUT2D eigenvalue weighted by atomic mass is 16.5. The summed E-state index contributed by atoms with van der Waals surface area (Å²) >= 11 is 0. The second-order valence-corrected chi connectivity index (χ2v) is 4.61. The number of hydrogen-bond acceptors (Lipinski definition) is 4. The zero-order valence-corrected chi connectivity index (χ0v) is 12.0. The van der Waals surface area contributed by atoms with Gasteiger partial charge in [0.1, 0.15) is 11.5 Å². The number of imidazole rings is 1. The normalized spacial score (nSPS) is 10.4. The van der Waals surface area contributed by atoms with Gasteiger partial charge in [-0.15, -0.1) is 0 Å². The lowest BCUT2D eigenvalue weighted by Gasteiger charge is -2.06. The minimum absolute atomic E-state index is 0.0939. The summed E-state index contributed by atoms with van der Waals surface area (Å²) in [6.07, 6.45) is 0. The lowest BCUT2D eigenvalue weighted by molar-refractivity contribution is -0.118. The maximum Gasteiger partial charge on any atom is 0.264 e. The number of ether oxygens (including phenoxy) is 2. The van der Waals surface area contributed by atoms with Crippen LogP contribution in [0.15, 0.2) is 48.5 Å². The van der Waals surface area contributed by atoms with E-state index in [1.807, 2.05) is 24.3 Å². The lowest BCUT2D eigenvalue weighted by atomic mass is 10.3. The summed E-state index contributed by atoms with van der Waals surface area (Å²) in [6.45, 7) is -0.0939. The van der Waals surface area contributed by atoms with Crippen LogP contribution in [-0.2, 0) is 4.79 Å². The number of nitrogens with one attached hydrogen (secondary N) is 2. The number of nitrogens with zero attached hydrogens (tertiary/aromatic N) is 1. The van der Waals surface area contributed by atoms with E-state index in [-0.39, 0.29) is 12.5 Å². The molecule has 0 aliphatic rings. The molecule has 0 bridgehead atoms. The second kappa shape index (κ2) is 6.17. The number of fused-ring (bicyclic) bond motifs is 1. The van der Waals surface area contributed by atoms with Crippen LogP contribution in [0, 0.1) is 0 Å². The molecule has 22 heavy (non-hydrogen) atoms. The number of hydrogen-bond donors (Lipinski definition) is 2. The number of anilines is 1. The van der Waals surface area contributed by atoms with Gasteiger partial charge in [0.15, 0.2) is 6.61 Å². The van der Waals surface area contributed by atoms with Crippen molar-refractivity contribution in [2.75, 3.05) is 19.0 Å². The highest BCUT2D eigenvalue weighted by Gasteiger charge is 2.07. The Balaban J connectivity index is 1.57. The predicted molar refractivity (Wildman–Crippen MR) is 83.2 cm³/mol. The molecule has 3 aromatic rings. The summed E-state index contributed by atoms with van der Waals surface area (Å²) in [4.78, 5) is 19.2. The van der Waals surface area contributed by atoms with Crippen molar-refractivity contribution in [3.05, 3.63) is 48.5 Å². The van der Waals surface area contributed by atoms with E-state index in [4.69, 9.17) is 9.47 Å². The van der Waals surface area contributed by atoms with Gasteiger partial charge in [0.2, 0.25) is 5.95 Å². The zero-order valence-electron chi connectivity index (χ0n) is 12.0. The van der Waals surface area contributed by atoms with Gasteiger partial charge in [0.05, 0.1) is 18.1 Å². The molecule has 0 fully saturated rings. The van der Waals surface area contributed by atoms with Crippen molar-refractivity contribution in [2.24, 2.45) is 0 Å². The van der Waals surface area contributed by atoms with Gasteiger partial charge in [-0.3, -0.25) is 10.1 Å². The Morgan fingerprint density at radius 3 is 2.59 bits per heavy atom. The predicted octanol–water partition coefficient (Wildman–Crippen LogP) is 2.59. The standard InChI is InChI=1S/C16H15N3O3/c1-21-11-6-8-12(9-7-11)22-10-15(20)19-16-17-13-4-2-3-5-14(13)18-16/h2-9H,10H2,1H3,(H2,17,18,19,20). The third-order valence-electron chi connectivity index (χ3n) is 3.08. The van der Waals surface area contributed by atoms with Crippen LogP contribution in [0.25, 0.3) is 11.0 Å². The molecule has 0 saturated carbocycles. The second-order valence-electron chi connectivity index (χ2n) is 4.61. The van der Waals surface area contributed by atoms with Crippen LogP contribution in [0.4, 0.5) is 5.95 Å². The van der Waals surface area contributed by atoms with E-state index in [0.29, 0.717) is 11.7 Å². The molecule has 1 heterocycles. The van der Waals surface area contributed by atoms with Gasteiger partial charge in [0, 0.05) is 0 Å². The van der Waals surface area contributed by atoms with Gasteiger partial charge < -0.3 is 14.5 Å². The molecule has 6 heteroatoms. The van der Waals surface area contributed by atoms with Gasteiger partial charge in [-0.05, 0) is 36.4 Å². The van der Waals surface area contributed by atoms with Crippen molar-refractivity contribution in [1.82, 2.24) is 9.97 Å². The molecule has 2 N–H and O–H groups in total. The van der Waals surface area contributed by atoms with Crippen LogP contribution in [0.5, 0.6) is 11.5 Å². The molecular weight excluding hydrogens is 282 g/mol. The first-order chi connectivity index (χ1) is 10.7. The first-order valence-electron chi connectivity index (χ1n) is 6.76. The zero-order chi connectivity index (χ0) is 15.4. The fourth-order valence-corrected chi connectivity index (χ4v) is 2.00. The molecule has 0 aliphatic carbocycles. The smallest absolute Gasteiger partial charge is 0.264 e. The first kappa shape index (κ1) is 13.9. The summed E-state index contributed by atoms with van der Waals surface area (Å²) in [6, 6.07) is 14.6. The average Bonchev–Trinajstić information content (AvgIpc) is 2.95. The molecule has 6 nitrogen and oxygen atoms in total. The van der Waals surface area contributed by atoms with Crippen LogP contribution >= 0.6 is 0 Å². The summed E-state index contributed by atoms with van der Waals surface area (Å²) in [7, 11) is 1.59. The van der Waals surface area contributed by atoms with Crippen LogP contribution in [0.1, 0.15) is 0 Å². The number of H-pyrrole nitrogens is 1. The number of carbonyl (C=O) groups excluding carboxylic acids is 1. The largest absolute Gasteiger partial charge is 0.497 e. The summed E-state index contributed by atoms with van der Waals surface area (Å²) < 4.78 is 10.5. The molecule has 2 aromatic carbocycles. The number of para-hydroxylation sites is 2. The van der Waals surface area contributed by atoms with Gasteiger partial charge >= 0.3 is 0 Å². The number of carbonyl (C=O) groups is 1. The Labute approximate surface area is 127 Å². The molecule has 0 saturated heterocycles. The minimum Gasteiger partial charge on any atom is -0.497 e. The quantitative estimate of drug-likeness (QED) is 0.759. The van der Waals surface area contributed by atoms with E-state index >= 15 is 0 Å². The SMILES string of the molecule is COc1ccc(OCC(=O)Nc2nc3ccccc3[nH]2)cc1. The Morgan fingerprint density at radius 1 is 1.14 bits per heavy atom. The van der Waals surface area contributed by atoms with E-state index < -0.39 is 0 Å². The van der Waals surface area contributed by atoms with Crippen molar-refractivity contribution in [3.63, 3.8) is 0 Å². The molecule has 112 valence electrons. The molecule has 1 amide bonds. The van der Waals surface area contributed by atoms with Crippen molar-refractivity contribution in [3.8, 4) is 11.5 Å². The highest BCUT2D eigenvalue weighted by molar-refractivity contribution is 5.92. The highest BCUT2D eigenvalue weighted by Crippen LogP contribution is 2.17. The number of amides is 1. The van der Waals surface area contributed by atoms with E-state index in [9.17, 15) is 4.79 Å². The average molecular weight is 297 g/mol. The third kappa shape index (κ3) is 3.17. The summed E-state index contributed by atoms with van der Waals surface area (Å²) in [5.74, 6) is 1.46. The van der Waals surface area contributed by atoms with E-state index in [0.717, 1.165) is 16.8 Å². The fraction of sp³-hybridized carbons (Fsp3) is 0.125. The van der Waals surface area contributed by atoms with Crippen molar-refractivity contribution >= 4 is 22.9 Å². The van der Waals surface area contributed by atoms with Gasteiger partial charge in [-0.25, -0.2) is 4.98 Å². The molecule has 0 radical (unpaired) electrons. The van der Waals surface area contributed by atoms with Gasteiger partial charge in [-0.2, -0.15) is 0 Å². The van der Waals surface area contributed by atoms with E-state index in [2.05, 4.69) is 15.3 Å². The Morgan fingerprint density at radius 2 is 1.86 bits per heavy atom.